The summed E-state index contributed by atoms with van der Waals surface area (Å²) in [5, 5.41) is 43.5. The van der Waals surface area contributed by atoms with Crippen molar-refractivity contribution in [3.63, 3.8) is 0 Å². The fourth-order valence-electron chi connectivity index (χ4n) is 2.14. The molecule has 0 radical (unpaired) electrons. The molecule has 0 unspecified atom stereocenters. The number of hydrogen-bond donors (Lipinski definition) is 6. The predicted octanol–water partition coefficient (Wildman–Crippen LogP) is -0.739. The smallest absolute Gasteiger partial charge is 0.319 e. The van der Waals surface area contributed by atoms with Crippen LogP contribution in [-0.4, -0.2) is 63.7 Å². The second kappa shape index (κ2) is 7.23. The summed E-state index contributed by atoms with van der Waals surface area (Å²) < 4.78 is 4.93. The highest BCUT2D eigenvalue weighted by molar-refractivity contribution is 6.30. The largest absolute Gasteiger partial charge is 0.394 e. The average molecular weight is 333 g/mol. The second-order valence-electron chi connectivity index (χ2n) is 4.86. The quantitative estimate of drug-likeness (QED) is 0.432. The first-order valence-corrected chi connectivity index (χ1v) is 6.93. The molecular formula is C13H17ClN2O6. The van der Waals surface area contributed by atoms with Crippen LogP contribution in [0.2, 0.25) is 5.02 Å². The Morgan fingerprint density at radius 2 is 2.00 bits per heavy atom. The van der Waals surface area contributed by atoms with Gasteiger partial charge < -0.3 is 35.8 Å². The number of hydrogen-bond acceptors (Lipinski definition) is 6. The van der Waals surface area contributed by atoms with Gasteiger partial charge in [0.2, 0.25) is 0 Å². The van der Waals surface area contributed by atoms with Crippen molar-refractivity contribution in [1.29, 1.82) is 0 Å². The zero-order valence-corrected chi connectivity index (χ0v) is 12.1. The van der Waals surface area contributed by atoms with Crippen LogP contribution in [0, 0.1) is 0 Å². The predicted molar refractivity (Wildman–Crippen MR) is 77.4 cm³/mol. The number of ether oxygens (including phenoxy) is 1. The van der Waals surface area contributed by atoms with Crippen LogP contribution in [0.4, 0.5) is 10.5 Å². The van der Waals surface area contributed by atoms with E-state index in [2.05, 4.69) is 10.6 Å². The van der Waals surface area contributed by atoms with Crippen molar-refractivity contribution in [2.24, 2.45) is 0 Å². The Hall–Kier alpha value is -1.42. The molecule has 2 rings (SSSR count). The highest BCUT2D eigenvalue weighted by atomic mass is 35.5. The lowest BCUT2D eigenvalue weighted by molar-refractivity contribution is -0.252. The summed E-state index contributed by atoms with van der Waals surface area (Å²) in [6, 6.07) is 4.42. The van der Waals surface area contributed by atoms with E-state index in [-0.39, 0.29) is 0 Å². The van der Waals surface area contributed by atoms with Crippen molar-refractivity contribution in [1.82, 2.24) is 5.32 Å². The molecule has 1 aliphatic rings. The molecule has 1 aromatic carbocycles. The fraction of sp³-hybridized carbons (Fsp3) is 0.462. The molecule has 1 heterocycles. The molecule has 9 heteroatoms. The summed E-state index contributed by atoms with van der Waals surface area (Å²) in [4.78, 5) is 11.9. The number of urea groups is 1. The van der Waals surface area contributed by atoms with Gasteiger partial charge in [0, 0.05) is 10.7 Å². The molecule has 8 nitrogen and oxygen atoms in total. The lowest BCUT2D eigenvalue weighted by Gasteiger charge is -2.40. The first kappa shape index (κ1) is 16.9. The lowest BCUT2D eigenvalue weighted by atomic mass is 9.97. The number of amides is 2. The lowest BCUT2D eigenvalue weighted by Crippen LogP contribution is -2.64. The van der Waals surface area contributed by atoms with Crippen LogP contribution >= 0.6 is 11.6 Å². The summed E-state index contributed by atoms with van der Waals surface area (Å²) in [6.45, 7) is -0.573. The van der Waals surface area contributed by atoms with Crippen molar-refractivity contribution in [2.75, 3.05) is 11.9 Å². The highest BCUT2D eigenvalue weighted by Crippen LogP contribution is 2.20. The minimum absolute atomic E-state index is 0.416. The Morgan fingerprint density at radius 3 is 2.64 bits per heavy atom. The molecule has 122 valence electrons. The minimum Gasteiger partial charge on any atom is -0.394 e. The number of anilines is 1. The molecule has 2 amide bonds. The molecule has 1 saturated heterocycles. The number of carbonyl (C=O) groups is 1. The van der Waals surface area contributed by atoms with Gasteiger partial charge in [-0.25, -0.2) is 4.79 Å². The van der Waals surface area contributed by atoms with Gasteiger partial charge in [-0.1, -0.05) is 17.7 Å². The summed E-state index contributed by atoms with van der Waals surface area (Å²) in [5.41, 5.74) is 0.416. The Morgan fingerprint density at radius 1 is 1.27 bits per heavy atom. The Bertz CT molecular complexity index is 531. The number of rotatable bonds is 3. The number of aliphatic hydroxyl groups excluding tert-OH is 4. The maximum Gasteiger partial charge on any atom is 0.319 e. The van der Waals surface area contributed by atoms with Crippen LogP contribution in [0.5, 0.6) is 0 Å². The average Bonchev–Trinajstić information content (AvgIpc) is 2.47. The maximum atomic E-state index is 11.9. The van der Waals surface area contributed by atoms with Gasteiger partial charge in [-0.05, 0) is 18.2 Å². The van der Waals surface area contributed by atoms with Gasteiger partial charge in [0.1, 0.15) is 24.4 Å². The molecule has 5 atom stereocenters. The third kappa shape index (κ3) is 3.86. The van der Waals surface area contributed by atoms with E-state index < -0.39 is 43.3 Å². The van der Waals surface area contributed by atoms with E-state index in [1.807, 2.05) is 0 Å². The summed E-state index contributed by atoms with van der Waals surface area (Å²) in [7, 11) is 0. The monoisotopic (exact) mass is 332 g/mol. The number of nitrogens with one attached hydrogen (secondary N) is 2. The van der Waals surface area contributed by atoms with E-state index in [4.69, 9.17) is 21.4 Å². The molecule has 1 fully saturated rings. The molecule has 1 aromatic rings. The zero-order valence-electron chi connectivity index (χ0n) is 11.4. The van der Waals surface area contributed by atoms with E-state index in [0.29, 0.717) is 10.7 Å². The molecule has 1 aliphatic heterocycles. The summed E-state index contributed by atoms with van der Waals surface area (Å²) >= 11 is 5.79. The Kier molecular flexibility index (Phi) is 5.57. The van der Waals surface area contributed by atoms with Gasteiger partial charge in [-0.15, -0.1) is 0 Å². The normalized spacial score (nSPS) is 31.6. The number of halogens is 1. The summed E-state index contributed by atoms with van der Waals surface area (Å²) in [6.07, 6.45) is -5.63. The number of aliphatic hydroxyl groups is 4. The zero-order chi connectivity index (χ0) is 16.3. The van der Waals surface area contributed by atoms with Crippen molar-refractivity contribution in [3.8, 4) is 0 Å². The number of benzene rings is 1. The Balaban J connectivity index is 1.98. The maximum absolute atomic E-state index is 11.9. The van der Waals surface area contributed by atoms with E-state index in [0.717, 1.165) is 0 Å². The van der Waals surface area contributed by atoms with Crippen molar-refractivity contribution in [3.05, 3.63) is 29.3 Å². The molecule has 0 spiro atoms. The van der Waals surface area contributed by atoms with E-state index in [1.165, 1.54) is 6.07 Å². The minimum atomic E-state index is -1.57. The standard InChI is InChI=1S/C13H17ClN2O6/c14-6-2-1-3-7(4-6)15-13(21)16-9-11(19)10(18)8(5-17)22-12(9)20/h1-4,8-12,17-20H,5H2,(H2,15,16,21)/t8-,9-,10-,11-,12+/m1/s1. The van der Waals surface area contributed by atoms with Gasteiger partial charge in [-0.2, -0.15) is 0 Å². The Labute approximate surface area is 131 Å². The van der Waals surface area contributed by atoms with E-state index in [1.54, 1.807) is 18.2 Å². The van der Waals surface area contributed by atoms with Gasteiger partial charge in [0.25, 0.3) is 0 Å². The molecular weight excluding hydrogens is 316 g/mol. The van der Waals surface area contributed by atoms with Crippen LogP contribution in [0.15, 0.2) is 24.3 Å². The van der Waals surface area contributed by atoms with Crippen LogP contribution in [-0.2, 0) is 4.74 Å². The van der Waals surface area contributed by atoms with E-state index >= 15 is 0 Å². The molecule has 0 bridgehead atoms. The van der Waals surface area contributed by atoms with Gasteiger partial charge in [0.15, 0.2) is 6.29 Å². The molecule has 22 heavy (non-hydrogen) atoms. The molecule has 0 aromatic heterocycles. The van der Waals surface area contributed by atoms with Crippen molar-refractivity contribution in [2.45, 2.75) is 30.6 Å². The first-order valence-electron chi connectivity index (χ1n) is 6.56. The fourth-order valence-corrected chi connectivity index (χ4v) is 2.33. The van der Waals surface area contributed by atoms with Crippen LogP contribution in [0.25, 0.3) is 0 Å². The molecule has 0 aliphatic carbocycles. The highest BCUT2D eigenvalue weighted by Gasteiger charge is 2.44. The molecule has 6 N–H and O–H groups in total. The second-order valence-corrected chi connectivity index (χ2v) is 5.30. The van der Waals surface area contributed by atoms with Crippen molar-refractivity contribution < 1.29 is 30.0 Å². The third-order valence-corrected chi connectivity index (χ3v) is 3.52. The van der Waals surface area contributed by atoms with Crippen LogP contribution < -0.4 is 10.6 Å². The van der Waals surface area contributed by atoms with Crippen LogP contribution in [0.1, 0.15) is 0 Å². The van der Waals surface area contributed by atoms with Crippen LogP contribution in [0.3, 0.4) is 0 Å². The van der Waals surface area contributed by atoms with E-state index in [9.17, 15) is 20.1 Å². The SMILES string of the molecule is O=C(Nc1cccc(Cl)c1)N[C@@H]1[C@@H](O)[C@H](O)[C@@H](CO)O[C@@H]1O. The first-order chi connectivity index (χ1) is 10.4. The third-order valence-electron chi connectivity index (χ3n) is 3.28. The van der Waals surface area contributed by atoms with Crippen molar-refractivity contribution >= 4 is 23.3 Å². The number of carbonyl (C=O) groups excluding carboxylic acids is 1. The van der Waals surface area contributed by atoms with Gasteiger partial charge >= 0.3 is 6.03 Å². The topological polar surface area (TPSA) is 131 Å². The molecule has 0 saturated carbocycles. The summed E-state index contributed by atoms with van der Waals surface area (Å²) in [5.74, 6) is 0. The van der Waals surface area contributed by atoms with Gasteiger partial charge in [0.05, 0.1) is 6.61 Å². The van der Waals surface area contributed by atoms with Gasteiger partial charge in [-0.3, -0.25) is 0 Å².